The van der Waals surface area contributed by atoms with Crippen LogP contribution in [0.15, 0.2) is 47.5 Å². The molecular weight excluding hydrogens is 430 g/mol. The number of amides is 1. The Kier molecular flexibility index (Phi) is 5.47. The summed E-state index contributed by atoms with van der Waals surface area (Å²) in [7, 11) is 0. The molecule has 0 unspecified atom stereocenters. The molecule has 31 heavy (non-hydrogen) atoms. The average Bonchev–Trinajstić information content (AvgIpc) is 3.09. The Morgan fingerprint density at radius 2 is 1.90 bits per heavy atom. The topological polar surface area (TPSA) is 94.7 Å². The van der Waals surface area contributed by atoms with Crippen molar-refractivity contribution in [1.29, 1.82) is 0 Å². The first-order valence-electron chi connectivity index (χ1n) is 9.10. The van der Waals surface area contributed by atoms with Gasteiger partial charge in [0.1, 0.15) is 24.5 Å². The number of anilines is 1. The Hall–Kier alpha value is -3.66. The van der Waals surface area contributed by atoms with Gasteiger partial charge in [-0.3, -0.25) is 14.2 Å². The van der Waals surface area contributed by atoms with Crippen molar-refractivity contribution < 1.29 is 13.6 Å². The Morgan fingerprint density at radius 1 is 1.16 bits per heavy atom. The highest BCUT2D eigenvalue weighted by Crippen LogP contribution is 2.22. The van der Waals surface area contributed by atoms with Gasteiger partial charge >= 0.3 is 0 Å². The molecule has 0 atom stereocenters. The standard InChI is InChI=1S/C20H15ClF2N6O2/c1-11-2-3-16(15(21)4-11)25-17(30)9-28-10-24-19-18(20(28)31)26-27-29(19)8-12-5-13(22)7-14(23)6-12/h2-7,10H,8-9H2,1H3,(H,25,30). The summed E-state index contributed by atoms with van der Waals surface area (Å²) in [5, 5.41) is 10.7. The fraction of sp³-hybridized carbons (Fsp3) is 0.150. The first-order valence-corrected chi connectivity index (χ1v) is 9.47. The van der Waals surface area contributed by atoms with Gasteiger partial charge in [0.15, 0.2) is 11.2 Å². The molecule has 11 heteroatoms. The van der Waals surface area contributed by atoms with E-state index in [4.69, 9.17) is 11.6 Å². The molecule has 2 aromatic heterocycles. The van der Waals surface area contributed by atoms with Crippen LogP contribution in [0, 0.1) is 18.6 Å². The maximum Gasteiger partial charge on any atom is 0.283 e. The summed E-state index contributed by atoms with van der Waals surface area (Å²) in [6, 6.07) is 8.23. The summed E-state index contributed by atoms with van der Waals surface area (Å²) in [5.74, 6) is -1.93. The van der Waals surface area contributed by atoms with Crippen molar-refractivity contribution in [3.8, 4) is 0 Å². The molecule has 0 spiro atoms. The molecule has 0 saturated carbocycles. The van der Waals surface area contributed by atoms with Crippen LogP contribution >= 0.6 is 11.6 Å². The van der Waals surface area contributed by atoms with Gasteiger partial charge in [0.25, 0.3) is 5.56 Å². The van der Waals surface area contributed by atoms with Crippen molar-refractivity contribution in [2.24, 2.45) is 0 Å². The summed E-state index contributed by atoms with van der Waals surface area (Å²) < 4.78 is 29.2. The van der Waals surface area contributed by atoms with Crippen molar-refractivity contribution in [2.45, 2.75) is 20.0 Å². The SMILES string of the molecule is Cc1ccc(NC(=O)Cn2cnc3c(nnn3Cc3cc(F)cc(F)c3)c2=O)c(Cl)c1. The van der Waals surface area contributed by atoms with E-state index in [-0.39, 0.29) is 24.3 Å². The molecular formula is C20H15ClF2N6O2. The fourth-order valence-electron chi connectivity index (χ4n) is 3.05. The van der Waals surface area contributed by atoms with Gasteiger partial charge in [-0.15, -0.1) is 5.10 Å². The van der Waals surface area contributed by atoms with Gasteiger partial charge < -0.3 is 5.32 Å². The highest BCUT2D eigenvalue weighted by Gasteiger charge is 2.15. The first-order chi connectivity index (χ1) is 14.8. The summed E-state index contributed by atoms with van der Waals surface area (Å²) in [6.45, 7) is 1.53. The predicted molar refractivity (Wildman–Crippen MR) is 110 cm³/mol. The molecule has 8 nitrogen and oxygen atoms in total. The van der Waals surface area contributed by atoms with Gasteiger partial charge in [-0.1, -0.05) is 22.9 Å². The number of carbonyl (C=O) groups excluding carboxylic acids is 1. The van der Waals surface area contributed by atoms with E-state index < -0.39 is 23.1 Å². The van der Waals surface area contributed by atoms with E-state index in [1.165, 1.54) is 11.0 Å². The van der Waals surface area contributed by atoms with Gasteiger partial charge in [-0.2, -0.15) is 0 Å². The molecule has 1 amide bonds. The minimum Gasteiger partial charge on any atom is -0.323 e. The van der Waals surface area contributed by atoms with E-state index in [0.717, 1.165) is 28.3 Å². The first kappa shape index (κ1) is 20.6. The summed E-state index contributed by atoms with van der Waals surface area (Å²) >= 11 is 6.11. The van der Waals surface area contributed by atoms with E-state index in [9.17, 15) is 18.4 Å². The Bertz CT molecular complexity index is 1350. The van der Waals surface area contributed by atoms with Gasteiger partial charge in [-0.25, -0.2) is 18.4 Å². The number of benzene rings is 2. The Balaban J connectivity index is 1.56. The third-order valence-electron chi connectivity index (χ3n) is 4.46. The van der Waals surface area contributed by atoms with Crippen LogP contribution in [0.4, 0.5) is 14.5 Å². The van der Waals surface area contributed by atoms with E-state index in [0.29, 0.717) is 16.3 Å². The summed E-state index contributed by atoms with van der Waals surface area (Å²) in [4.78, 5) is 29.2. The van der Waals surface area contributed by atoms with Crippen LogP contribution in [0.2, 0.25) is 5.02 Å². The number of carbonyl (C=O) groups is 1. The van der Waals surface area contributed by atoms with Crippen molar-refractivity contribution >= 4 is 34.4 Å². The molecule has 0 aliphatic heterocycles. The van der Waals surface area contributed by atoms with Crippen LogP contribution in [0.1, 0.15) is 11.1 Å². The zero-order valence-corrected chi connectivity index (χ0v) is 16.9. The highest BCUT2D eigenvalue weighted by atomic mass is 35.5. The second-order valence-corrected chi connectivity index (χ2v) is 7.31. The molecule has 0 radical (unpaired) electrons. The number of rotatable bonds is 5. The van der Waals surface area contributed by atoms with Crippen LogP contribution in [0.25, 0.3) is 11.2 Å². The number of nitrogens with zero attached hydrogens (tertiary/aromatic N) is 5. The van der Waals surface area contributed by atoms with Crippen molar-refractivity contribution in [3.05, 3.63) is 80.9 Å². The van der Waals surface area contributed by atoms with E-state index in [1.807, 2.05) is 6.92 Å². The quantitative estimate of drug-likeness (QED) is 0.510. The second kappa shape index (κ2) is 8.23. The molecule has 4 rings (SSSR count). The molecule has 0 aliphatic rings. The minimum absolute atomic E-state index is 0.0337. The molecule has 1 N–H and O–H groups in total. The number of fused-ring (bicyclic) bond motifs is 1. The van der Waals surface area contributed by atoms with E-state index in [2.05, 4.69) is 20.6 Å². The molecule has 158 valence electrons. The number of hydrogen-bond acceptors (Lipinski definition) is 5. The maximum absolute atomic E-state index is 13.4. The zero-order valence-electron chi connectivity index (χ0n) is 16.1. The number of aromatic nitrogens is 5. The van der Waals surface area contributed by atoms with Gasteiger partial charge in [0.2, 0.25) is 5.91 Å². The van der Waals surface area contributed by atoms with Crippen LogP contribution in [0.3, 0.4) is 0 Å². The lowest BCUT2D eigenvalue weighted by Crippen LogP contribution is -2.28. The molecule has 0 aliphatic carbocycles. The van der Waals surface area contributed by atoms with Gasteiger partial charge in [0, 0.05) is 6.07 Å². The number of hydrogen-bond donors (Lipinski definition) is 1. The predicted octanol–water partition coefficient (Wildman–Crippen LogP) is 2.92. The largest absolute Gasteiger partial charge is 0.323 e. The minimum atomic E-state index is -0.727. The van der Waals surface area contributed by atoms with Crippen LogP contribution in [-0.2, 0) is 17.9 Å². The third kappa shape index (κ3) is 4.43. The Labute approximate surface area is 179 Å². The normalized spacial score (nSPS) is 11.1. The fourth-order valence-corrected chi connectivity index (χ4v) is 3.33. The lowest BCUT2D eigenvalue weighted by atomic mass is 10.2. The lowest BCUT2D eigenvalue weighted by molar-refractivity contribution is -0.116. The number of halogens is 3. The zero-order chi connectivity index (χ0) is 22.1. The molecule has 2 aromatic carbocycles. The molecule has 4 aromatic rings. The van der Waals surface area contributed by atoms with Crippen LogP contribution < -0.4 is 10.9 Å². The number of nitrogens with one attached hydrogen (secondary N) is 1. The summed E-state index contributed by atoms with van der Waals surface area (Å²) in [6.07, 6.45) is 1.19. The molecule has 0 fully saturated rings. The second-order valence-electron chi connectivity index (χ2n) is 6.91. The lowest BCUT2D eigenvalue weighted by Gasteiger charge is -2.09. The van der Waals surface area contributed by atoms with Crippen LogP contribution in [0.5, 0.6) is 0 Å². The monoisotopic (exact) mass is 444 g/mol. The van der Waals surface area contributed by atoms with Crippen LogP contribution in [-0.4, -0.2) is 30.5 Å². The van der Waals surface area contributed by atoms with Crippen molar-refractivity contribution in [2.75, 3.05) is 5.32 Å². The Morgan fingerprint density at radius 3 is 2.61 bits per heavy atom. The van der Waals surface area contributed by atoms with Crippen molar-refractivity contribution in [1.82, 2.24) is 24.5 Å². The molecule has 0 saturated heterocycles. The van der Waals surface area contributed by atoms with Crippen molar-refractivity contribution in [3.63, 3.8) is 0 Å². The van der Waals surface area contributed by atoms with E-state index in [1.54, 1.807) is 18.2 Å². The number of aryl methyl sites for hydroxylation is 1. The smallest absolute Gasteiger partial charge is 0.283 e. The highest BCUT2D eigenvalue weighted by molar-refractivity contribution is 6.33. The maximum atomic E-state index is 13.4. The summed E-state index contributed by atoms with van der Waals surface area (Å²) in [5.41, 5.74) is 1.15. The van der Waals surface area contributed by atoms with Gasteiger partial charge in [0.05, 0.1) is 17.3 Å². The van der Waals surface area contributed by atoms with Gasteiger partial charge in [-0.05, 0) is 42.3 Å². The van der Waals surface area contributed by atoms with E-state index >= 15 is 0 Å². The average molecular weight is 445 g/mol. The molecule has 0 bridgehead atoms. The molecule has 2 heterocycles. The third-order valence-corrected chi connectivity index (χ3v) is 4.77.